The highest BCUT2D eigenvalue weighted by molar-refractivity contribution is 7.07. The van der Waals surface area contributed by atoms with Gasteiger partial charge in [0.15, 0.2) is 0 Å². The molecule has 6 heteroatoms. The smallest absolute Gasteiger partial charge is 0.0964 e. The molecule has 1 N–H and O–H groups in total. The number of likely N-dealkylation sites (N-methyl/N-ethyl adjacent to an activating group) is 1. The summed E-state index contributed by atoms with van der Waals surface area (Å²) in [6.07, 6.45) is 4.66. The molecule has 0 radical (unpaired) electrons. The second kappa shape index (κ2) is 6.47. The van der Waals surface area contributed by atoms with E-state index in [0.29, 0.717) is 0 Å². The van der Waals surface area contributed by atoms with Crippen molar-refractivity contribution < 1.29 is 0 Å². The molecule has 5 nitrogen and oxygen atoms in total. The zero-order chi connectivity index (χ0) is 13.8. The number of nitrogens with one attached hydrogen (secondary N) is 1. The Bertz CT molecular complexity index is 517. The summed E-state index contributed by atoms with van der Waals surface area (Å²) in [5.41, 5.74) is 2.42. The quantitative estimate of drug-likeness (QED) is 0.804. The Morgan fingerprint density at radius 3 is 3.15 bits per heavy atom. The molecule has 1 aliphatic rings. The van der Waals surface area contributed by atoms with Crippen molar-refractivity contribution in [1.82, 2.24) is 25.2 Å². The average Bonchev–Trinajstić information content (AvgIpc) is 2.94. The molecule has 20 heavy (non-hydrogen) atoms. The normalized spacial score (nSPS) is 15.1. The fraction of sp³-hybridized carbons (Fsp3) is 0.571. The van der Waals surface area contributed by atoms with Crippen molar-refractivity contribution in [3.05, 3.63) is 34.3 Å². The topological polar surface area (TPSA) is 46.0 Å². The van der Waals surface area contributed by atoms with Gasteiger partial charge in [-0.25, -0.2) is 0 Å². The molecule has 1 saturated carbocycles. The van der Waals surface area contributed by atoms with E-state index in [1.165, 1.54) is 18.4 Å². The molecule has 0 spiro atoms. The van der Waals surface area contributed by atoms with E-state index in [-0.39, 0.29) is 0 Å². The van der Waals surface area contributed by atoms with Crippen molar-refractivity contribution in [3.63, 3.8) is 0 Å². The first-order valence-electron chi connectivity index (χ1n) is 7.11. The molecule has 1 fully saturated rings. The monoisotopic (exact) mass is 291 g/mol. The highest BCUT2D eigenvalue weighted by Gasteiger charge is 2.20. The minimum absolute atomic E-state index is 0.719. The Kier molecular flexibility index (Phi) is 4.44. The fourth-order valence-electron chi connectivity index (χ4n) is 2.11. The molecule has 2 aromatic rings. The number of rotatable bonds is 8. The van der Waals surface area contributed by atoms with Gasteiger partial charge in [-0.1, -0.05) is 5.21 Å². The zero-order valence-corrected chi connectivity index (χ0v) is 12.6. The summed E-state index contributed by atoms with van der Waals surface area (Å²) in [7, 11) is 2.14. The summed E-state index contributed by atoms with van der Waals surface area (Å²) in [6, 6.07) is 2.90. The molecule has 0 unspecified atom stereocenters. The maximum atomic E-state index is 4.20. The number of hydrogen-bond acceptors (Lipinski definition) is 5. The summed E-state index contributed by atoms with van der Waals surface area (Å²) < 4.78 is 1.94. The Balaban J connectivity index is 1.40. The van der Waals surface area contributed by atoms with Crippen LogP contribution in [0.3, 0.4) is 0 Å². The molecule has 0 amide bonds. The Labute approximate surface area is 123 Å². The lowest BCUT2D eigenvalue weighted by Gasteiger charge is -2.15. The van der Waals surface area contributed by atoms with Gasteiger partial charge in [0.1, 0.15) is 0 Å². The molecular weight excluding hydrogens is 270 g/mol. The van der Waals surface area contributed by atoms with Gasteiger partial charge >= 0.3 is 0 Å². The van der Waals surface area contributed by atoms with Crippen LogP contribution in [0.15, 0.2) is 23.0 Å². The van der Waals surface area contributed by atoms with Gasteiger partial charge in [-0.2, -0.15) is 11.3 Å². The predicted molar refractivity (Wildman–Crippen MR) is 80.5 cm³/mol. The first-order valence-corrected chi connectivity index (χ1v) is 8.06. The second-order valence-corrected chi connectivity index (χ2v) is 6.28. The van der Waals surface area contributed by atoms with Crippen molar-refractivity contribution >= 4 is 11.3 Å². The van der Waals surface area contributed by atoms with E-state index in [1.807, 2.05) is 10.9 Å². The molecule has 2 aromatic heterocycles. The number of thiophene rings is 1. The largest absolute Gasteiger partial charge is 0.308 e. The second-order valence-electron chi connectivity index (χ2n) is 5.50. The lowest BCUT2D eigenvalue weighted by atomic mass is 10.3. The summed E-state index contributed by atoms with van der Waals surface area (Å²) in [5, 5.41) is 16.2. The molecule has 3 rings (SSSR count). The zero-order valence-electron chi connectivity index (χ0n) is 11.8. The van der Waals surface area contributed by atoms with Gasteiger partial charge < -0.3 is 10.2 Å². The first kappa shape index (κ1) is 13.7. The maximum absolute atomic E-state index is 4.20. The van der Waals surface area contributed by atoms with E-state index in [4.69, 9.17) is 0 Å². The third-order valence-corrected chi connectivity index (χ3v) is 4.21. The predicted octanol–water partition coefficient (Wildman–Crippen LogP) is 1.72. The standard InChI is InChI=1S/C14H21N5S/c1-18(9-12-4-7-20-11-12)5-6-19-10-14(16-17-19)8-15-13-2-3-13/h4,7,10-11,13,15H,2-3,5-6,8-9H2,1H3. The Morgan fingerprint density at radius 1 is 1.50 bits per heavy atom. The van der Waals surface area contributed by atoms with Gasteiger partial charge in [0.05, 0.1) is 12.2 Å². The van der Waals surface area contributed by atoms with Crippen molar-refractivity contribution in [2.45, 2.75) is 38.5 Å². The van der Waals surface area contributed by atoms with Gasteiger partial charge in [0, 0.05) is 31.9 Å². The van der Waals surface area contributed by atoms with E-state index in [2.05, 4.69) is 44.4 Å². The molecule has 2 heterocycles. The van der Waals surface area contributed by atoms with Crippen LogP contribution in [0.4, 0.5) is 0 Å². The lowest BCUT2D eigenvalue weighted by Crippen LogP contribution is -2.22. The minimum Gasteiger partial charge on any atom is -0.308 e. The molecule has 108 valence electrons. The Hall–Kier alpha value is -1.24. The molecule has 0 aromatic carbocycles. The molecule has 0 atom stereocenters. The highest BCUT2D eigenvalue weighted by atomic mass is 32.1. The highest BCUT2D eigenvalue weighted by Crippen LogP contribution is 2.18. The SMILES string of the molecule is CN(CCn1cc(CNC2CC2)nn1)Cc1ccsc1. The van der Waals surface area contributed by atoms with Crippen LogP contribution < -0.4 is 5.32 Å². The number of hydrogen-bond donors (Lipinski definition) is 1. The summed E-state index contributed by atoms with van der Waals surface area (Å²) in [6.45, 7) is 3.70. The van der Waals surface area contributed by atoms with Gasteiger partial charge in [-0.05, 0) is 42.3 Å². The van der Waals surface area contributed by atoms with E-state index in [1.54, 1.807) is 11.3 Å². The van der Waals surface area contributed by atoms with Crippen LogP contribution in [0.1, 0.15) is 24.1 Å². The third kappa shape index (κ3) is 4.13. The Morgan fingerprint density at radius 2 is 2.40 bits per heavy atom. The van der Waals surface area contributed by atoms with Crippen molar-refractivity contribution in [1.29, 1.82) is 0 Å². The van der Waals surface area contributed by atoms with E-state index in [0.717, 1.165) is 37.9 Å². The van der Waals surface area contributed by atoms with Crippen LogP contribution in [-0.4, -0.2) is 39.5 Å². The summed E-state index contributed by atoms with van der Waals surface area (Å²) >= 11 is 1.75. The van der Waals surface area contributed by atoms with E-state index in [9.17, 15) is 0 Å². The number of nitrogens with zero attached hydrogens (tertiary/aromatic N) is 4. The molecule has 0 bridgehead atoms. The van der Waals surface area contributed by atoms with Crippen LogP contribution in [0.25, 0.3) is 0 Å². The lowest BCUT2D eigenvalue weighted by molar-refractivity contribution is 0.304. The van der Waals surface area contributed by atoms with Crippen LogP contribution in [-0.2, 0) is 19.6 Å². The third-order valence-electron chi connectivity index (χ3n) is 3.48. The fourth-order valence-corrected chi connectivity index (χ4v) is 2.77. The van der Waals surface area contributed by atoms with E-state index < -0.39 is 0 Å². The van der Waals surface area contributed by atoms with Crippen molar-refractivity contribution in [2.24, 2.45) is 0 Å². The molecule has 1 aliphatic carbocycles. The van der Waals surface area contributed by atoms with Crippen molar-refractivity contribution in [2.75, 3.05) is 13.6 Å². The van der Waals surface area contributed by atoms with Crippen LogP contribution >= 0.6 is 11.3 Å². The van der Waals surface area contributed by atoms with Crippen LogP contribution in [0, 0.1) is 0 Å². The van der Waals surface area contributed by atoms with Crippen molar-refractivity contribution in [3.8, 4) is 0 Å². The molecule has 0 saturated heterocycles. The molecular formula is C14H21N5S. The van der Waals surface area contributed by atoms with Gasteiger partial charge in [0.25, 0.3) is 0 Å². The van der Waals surface area contributed by atoms with Crippen LogP contribution in [0.5, 0.6) is 0 Å². The summed E-state index contributed by atoms with van der Waals surface area (Å²) in [5.74, 6) is 0. The number of aromatic nitrogens is 3. The maximum Gasteiger partial charge on any atom is 0.0964 e. The van der Waals surface area contributed by atoms with Crippen LogP contribution in [0.2, 0.25) is 0 Å². The molecule has 0 aliphatic heterocycles. The van der Waals surface area contributed by atoms with Gasteiger partial charge in [-0.3, -0.25) is 4.68 Å². The average molecular weight is 291 g/mol. The van der Waals surface area contributed by atoms with Gasteiger partial charge in [0.2, 0.25) is 0 Å². The minimum atomic E-state index is 0.719. The first-order chi connectivity index (χ1) is 9.79. The van der Waals surface area contributed by atoms with Gasteiger partial charge in [-0.15, -0.1) is 5.10 Å². The van der Waals surface area contributed by atoms with E-state index >= 15 is 0 Å². The summed E-state index contributed by atoms with van der Waals surface area (Å²) in [4.78, 5) is 2.31.